The number of rotatable bonds is 4. The normalized spacial score (nSPS) is 10.4. The average molecular weight is 268 g/mol. The highest BCUT2D eigenvalue weighted by Crippen LogP contribution is 2.19. The Morgan fingerprint density at radius 1 is 1.10 bits per heavy atom. The number of hydrogen-bond acceptors (Lipinski definition) is 4. The molecule has 3 rings (SSSR count). The van der Waals surface area contributed by atoms with Gasteiger partial charge in [0.2, 0.25) is 5.88 Å². The van der Waals surface area contributed by atoms with Crippen molar-refractivity contribution < 1.29 is 9.53 Å². The molecule has 100 valence electrons. The van der Waals surface area contributed by atoms with Crippen LogP contribution in [0.5, 0.6) is 5.88 Å². The minimum absolute atomic E-state index is 0.297. The molecule has 2 aromatic heterocycles. The van der Waals surface area contributed by atoms with Crippen LogP contribution in [0.3, 0.4) is 0 Å². The molecule has 0 radical (unpaired) electrons. The van der Waals surface area contributed by atoms with Crippen molar-refractivity contribution in [2.75, 3.05) is 0 Å². The van der Waals surface area contributed by atoms with E-state index in [-0.39, 0.29) is 0 Å². The number of ether oxygens (including phenoxy) is 1. The van der Waals surface area contributed by atoms with Crippen LogP contribution >= 0.6 is 0 Å². The van der Waals surface area contributed by atoms with Gasteiger partial charge < -0.3 is 4.74 Å². The van der Waals surface area contributed by atoms with Crippen molar-refractivity contribution in [3.05, 3.63) is 65.6 Å². The quantitative estimate of drug-likeness (QED) is 0.708. The van der Waals surface area contributed by atoms with Crippen LogP contribution in [0.4, 0.5) is 0 Å². The number of nitrogens with zero attached hydrogens (tertiary/aromatic N) is 2. The van der Waals surface area contributed by atoms with E-state index in [1.807, 2.05) is 30.3 Å². The zero-order valence-corrected chi connectivity index (χ0v) is 10.5. The van der Waals surface area contributed by atoms with Gasteiger partial charge in [0, 0.05) is 18.2 Å². The lowest BCUT2D eigenvalue weighted by Crippen LogP contribution is -2.10. The molecule has 0 saturated carbocycles. The van der Waals surface area contributed by atoms with Gasteiger partial charge in [0.05, 0.1) is 6.20 Å². The zero-order valence-electron chi connectivity index (χ0n) is 10.5. The van der Waals surface area contributed by atoms with E-state index in [1.54, 1.807) is 12.3 Å². The van der Waals surface area contributed by atoms with Crippen LogP contribution in [-0.4, -0.2) is 26.4 Å². The summed E-state index contributed by atoms with van der Waals surface area (Å²) >= 11 is 0. The summed E-state index contributed by atoms with van der Waals surface area (Å²) in [5.74, 6) is -0.144. The predicted octanol–water partition coefficient (Wildman–Crippen LogP) is 1.94. The molecule has 0 atom stereocenters. The summed E-state index contributed by atoms with van der Waals surface area (Å²) < 4.78 is 5.27. The largest absolute Gasteiger partial charge is 0.403 e. The van der Waals surface area contributed by atoms with E-state index < -0.39 is 5.97 Å². The summed E-state index contributed by atoms with van der Waals surface area (Å²) in [5, 5.41) is 12.9. The number of H-pyrrole nitrogens is 2. The van der Waals surface area contributed by atoms with Crippen molar-refractivity contribution in [1.29, 1.82) is 0 Å². The second-order valence-electron chi connectivity index (χ2n) is 4.25. The Balaban J connectivity index is 1.75. The highest BCUT2D eigenvalue weighted by molar-refractivity contribution is 5.88. The fourth-order valence-corrected chi connectivity index (χ4v) is 1.85. The highest BCUT2D eigenvalue weighted by Gasteiger charge is 2.14. The Bertz CT molecular complexity index is 689. The van der Waals surface area contributed by atoms with Crippen LogP contribution < -0.4 is 4.74 Å². The Labute approximate surface area is 114 Å². The maximum atomic E-state index is 11.8. The molecule has 6 heteroatoms. The summed E-state index contributed by atoms with van der Waals surface area (Å²) in [6.45, 7) is 0. The summed E-state index contributed by atoms with van der Waals surface area (Å²) in [4.78, 5) is 11.8. The monoisotopic (exact) mass is 268 g/mol. The molecule has 0 aliphatic heterocycles. The zero-order chi connectivity index (χ0) is 13.8. The Morgan fingerprint density at radius 3 is 2.70 bits per heavy atom. The lowest BCUT2D eigenvalue weighted by molar-refractivity contribution is 0.0719. The SMILES string of the molecule is O=C(Oc1[nH]ncc1Cc1ccccc1)c1ccn[nH]1. The highest BCUT2D eigenvalue weighted by atomic mass is 16.5. The summed E-state index contributed by atoms with van der Waals surface area (Å²) in [5.41, 5.74) is 2.24. The van der Waals surface area contributed by atoms with Crippen LogP contribution in [0.2, 0.25) is 0 Å². The molecule has 0 saturated heterocycles. The van der Waals surface area contributed by atoms with E-state index >= 15 is 0 Å². The second kappa shape index (κ2) is 5.40. The van der Waals surface area contributed by atoms with Crippen molar-refractivity contribution in [2.24, 2.45) is 0 Å². The van der Waals surface area contributed by atoms with Crippen molar-refractivity contribution >= 4 is 5.97 Å². The standard InChI is InChI=1S/C14H12N4O2/c19-14(12-6-7-15-17-12)20-13-11(9-16-18-13)8-10-4-2-1-3-5-10/h1-7,9H,8H2,(H,15,17)(H,16,18). The molecule has 0 aliphatic carbocycles. The average Bonchev–Trinajstić information content (AvgIpc) is 3.12. The van der Waals surface area contributed by atoms with Crippen LogP contribution in [-0.2, 0) is 6.42 Å². The van der Waals surface area contributed by atoms with Gasteiger partial charge in [-0.15, -0.1) is 0 Å². The van der Waals surface area contributed by atoms with E-state index in [4.69, 9.17) is 4.74 Å². The van der Waals surface area contributed by atoms with Crippen molar-refractivity contribution in [2.45, 2.75) is 6.42 Å². The van der Waals surface area contributed by atoms with Crippen molar-refractivity contribution in [3.63, 3.8) is 0 Å². The first-order valence-electron chi connectivity index (χ1n) is 6.10. The molecule has 0 fully saturated rings. The number of aromatic amines is 2. The topological polar surface area (TPSA) is 83.7 Å². The van der Waals surface area contributed by atoms with Gasteiger partial charge in [0.1, 0.15) is 5.69 Å². The van der Waals surface area contributed by atoms with Gasteiger partial charge >= 0.3 is 5.97 Å². The molecular weight excluding hydrogens is 256 g/mol. The van der Waals surface area contributed by atoms with Crippen LogP contribution in [0.25, 0.3) is 0 Å². The Morgan fingerprint density at radius 2 is 1.95 bits per heavy atom. The smallest absolute Gasteiger partial charge is 0.363 e. The number of hydrogen-bond donors (Lipinski definition) is 2. The third-order valence-corrected chi connectivity index (χ3v) is 2.83. The first-order valence-corrected chi connectivity index (χ1v) is 6.10. The molecule has 0 spiro atoms. The van der Waals surface area contributed by atoms with E-state index in [0.29, 0.717) is 18.0 Å². The van der Waals surface area contributed by atoms with E-state index in [9.17, 15) is 4.79 Å². The molecular formula is C14H12N4O2. The van der Waals surface area contributed by atoms with Gasteiger partial charge in [0.25, 0.3) is 0 Å². The fraction of sp³-hybridized carbons (Fsp3) is 0.0714. The summed E-state index contributed by atoms with van der Waals surface area (Å²) in [6.07, 6.45) is 3.79. The summed E-state index contributed by atoms with van der Waals surface area (Å²) in [6, 6.07) is 11.5. The van der Waals surface area contributed by atoms with Crippen LogP contribution in [0.1, 0.15) is 21.6 Å². The number of nitrogens with one attached hydrogen (secondary N) is 2. The lowest BCUT2D eigenvalue weighted by Gasteiger charge is -2.03. The number of aromatic nitrogens is 4. The van der Waals surface area contributed by atoms with Crippen LogP contribution in [0.15, 0.2) is 48.8 Å². The molecule has 2 heterocycles. The molecule has 1 aromatic carbocycles. The minimum atomic E-state index is -0.499. The van der Waals surface area contributed by atoms with Gasteiger partial charge in [-0.1, -0.05) is 30.3 Å². The lowest BCUT2D eigenvalue weighted by atomic mass is 10.1. The number of carbonyl (C=O) groups excluding carboxylic acids is 1. The van der Waals surface area contributed by atoms with E-state index in [2.05, 4.69) is 20.4 Å². The van der Waals surface area contributed by atoms with Crippen molar-refractivity contribution in [3.8, 4) is 5.88 Å². The minimum Gasteiger partial charge on any atom is -0.403 e. The second-order valence-corrected chi connectivity index (χ2v) is 4.25. The first kappa shape index (κ1) is 12.2. The fourth-order valence-electron chi connectivity index (χ4n) is 1.85. The van der Waals surface area contributed by atoms with Gasteiger partial charge in [-0.25, -0.2) is 9.89 Å². The molecule has 20 heavy (non-hydrogen) atoms. The molecule has 0 unspecified atom stereocenters. The maximum Gasteiger partial charge on any atom is 0.363 e. The van der Waals surface area contributed by atoms with E-state index in [0.717, 1.165) is 11.1 Å². The number of esters is 1. The van der Waals surface area contributed by atoms with Crippen LogP contribution in [0, 0.1) is 0 Å². The van der Waals surface area contributed by atoms with Gasteiger partial charge in [-0.3, -0.25) is 5.10 Å². The van der Waals surface area contributed by atoms with Gasteiger partial charge in [-0.2, -0.15) is 10.2 Å². The third-order valence-electron chi connectivity index (χ3n) is 2.83. The molecule has 3 aromatic rings. The Kier molecular flexibility index (Phi) is 3.28. The van der Waals surface area contributed by atoms with Gasteiger partial charge in [0.15, 0.2) is 0 Å². The van der Waals surface area contributed by atoms with E-state index in [1.165, 1.54) is 6.20 Å². The Hall–Kier alpha value is -2.89. The molecule has 0 bridgehead atoms. The third kappa shape index (κ3) is 2.59. The number of carbonyl (C=O) groups is 1. The molecule has 0 aliphatic rings. The molecule has 0 amide bonds. The number of benzene rings is 1. The molecule has 6 nitrogen and oxygen atoms in total. The molecule has 2 N–H and O–H groups in total. The van der Waals surface area contributed by atoms with Gasteiger partial charge in [-0.05, 0) is 11.6 Å². The first-order chi connectivity index (χ1) is 9.83. The maximum absolute atomic E-state index is 11.8. The summed E-state index contributed by atoms with van der Waals surface area (Å²) in [7, 11) is 0. The van der Waals surface area contributed by atoms with Crippen molar-refractivity contribution in [1.82, 2.24) is 20.4 Å². The predicted molar refractivity (Wildman–Crippen MR) is 71.4 cm³/mol.